The van der Waals surface area contributed by atoms with Crippen LogP contribution in [0.4, 0.5) is 0 Å². The minimum absolute atomic E-state index is 0.210. The molecule has 2 atom stereocenters. The highest BCUT2D eigenvalue weighted by Gasteiger charge is 2.42. The molecular formula is C21H25BrClNO. The van der Waals surface area contributed by atoms with E-state index in [1.807, 2.05) is 69.6 Å². The summed E-state index contributed by atoms with van der Waals surface area (Å²) in [4.78, 5) is 15.5. The molecule has 0 N–H and O–H groups in total. The van der Waals surface area contributed by atoms with Gasteiger partial charge in [0.15, 0.2) is 0 Å². The first kappa shape index (κ1) is 20.2. The van der Waals surface area contributed by atoms with Gasteiger partial charge in [-0.05, 0) is 56.8 Å². The molecule has 25 heavy (non-hydrogen) atoms. The van der Waals surface area contributed by atoms with Crippen molar-refractivity contribution in [1.82, 2.24) is 4.90 Å². The minimum atomic E-state index is -0.715. The van der Waals surface area contributed by atoms with Gasteiger partial charge in [-0.3, -0.25) is 4.79 Å². The van der Waals surface area contributed by atoms with E-state index in [0.717, 1.165) is 15.6 Å². The summed E-state index contributed by atoms with van der Waals surface area (Å²) in [5.74, 6) is 0.210. The van der Waals surface area contributed by atoms with Crippen molar-refractivity contribution in [2.75, 3.05) is 14.1 Å². The molecule has 2 nitrogen and oxygen atoms in total. The largest absolute Gasteiger partial charge is 0.307 e. The van der Waals surface area contributed by atoms with Crippen molar-refractivity contribution in [2.24, 2.45) is 0 Å². The van der Waals surface area contributed by atoms with Crippen LogP contribution in [0.15, 0.2) is 53.0 Å². The maximum Gasteiger partial charge on any atom is 0.147 e. The molecule has 0 spiro atoms. The van der Waals surface area contributed by atoms with E-state index >= 15 is 0 Å². The fourth-order valence-electron chi connectivity index (χ4n) is 3.29. The van der Waals surface area contributed by atoms with Crippen molar-refractivity contribution < 1.29 is 4.79 Å². The van der Waals surface area contributed by atoms with Crippen molar-refractivity contribution in [2.45, 2.75) is 38.1 Å². The number of rotatable bonds is 7. The molecule has 0 amide bonds. The number of ketones is 1. The van der Waals surface area contributed by atoms with E-state index < -0.39 is 5.41 Å². The van der Waals surface area contributed by atoms with E-state index in [-0.39, 0.29) is 11.8 Å². The molecule has 0 aliphatic heterocycles. The van der Waals surface area contributed by atoms with E-state index in [1.54, 1.807) is 0 Å². The van der Waals surface area contributed by atoms with Crippen molar-refractivity contribution in [3.8, 4) is 0 Å². The van der Waals surface area contributed by atoms with Gasteiger partial charge in [0.1, 0.15) is 5.78 Å². The van der Waals surface area contributed by atoms with Crippen LogP contribution in [-0.4, -0.2) is 30.8 Å². The zero-order chi connectivity index (χ0) is 18.6. The predicted molar refractivity (Wildman–Crippen MR) is 109 cm³/mol. The average molecular weight is 423 g/mol. The molecule has 2 aromatic rings. The standard InChI is InChI=1S/C21H25BrClNO/c1-5-20(25)21(14-15(2)24(3)4,16-9-7-6-8-10-16)17-11-18(22)13-19(23)12-17/h6-13,15H,5,14H2,1-4H3/t15-,21-/m0/s1. The Morgan fingerprint density at radius 3 is 2.32 bits per heavy atom. The molecule has 0 saturated heterocycles. The fourth-order valence-corrected chi connectivity index (χ4v) is 4.15. The SMILES string of the molecule is CCC(=O)[C@@](C[C@H](C)N(C)C)(c1ccccc1)c1cc(Cl)cc(Br)c1. The number of Topliss-reactive ketones (excluding diaryl/α,β-unsaturated/α-hetero) is 1. The van der Waals surface area contributed by atoms with E-state index in [9.17, 15) is 4.79 Å². The number of carbonyl (C=O) groups excluding carboxylic acids is 1. The maximum absolute atomic E-state index is 13.3. The first-order valence-corrected chi connectivity index (χ1v) is 9.70. The van der Waals surface area contributed by atoms with Crippen LogP contribution in [0.5, 0.6) is 0 Å². The third-order valence-corrected chi connectivity index (χ3v) is 5.58. The summed E-state index contributed by atoms with van der Waals surface area (Å²) in [5, 5.41) is 0.631. The van der Waals surface area contributed by atoms with Crippen molar-refractivity contribution >= 4 is 33.3 Å². The topological polar surface area (TPSA) is 20.3 Å². The highest BCUT2D eigenvalue weighted by atomic mass is 79.9. The molecule has 0 unspecified atom stereocenters. The number of hydrogen-bond donors (Lipinski definition) is 0. The summed E-state index contributed by atoms with van der Waals surface area (Å²) in [6.45, 7) is 4.08. The Hall–Kier alpha value is -1.16. The minimum Gasteiger partial charge on any atom is -0.307 e. The molecule has 0 radical (unpaired) electrons. The number of nitrogens with zero attached hydrogens (tertiary/aromatic N) is 1. The number of halogens is 2. The highest BCUT2D eigenvalue weighted by Crippen LogP contribution is 2.41. The van der Waals surface area contributed by atoms with Crippen LogP contribution < -0.4 is 0 Å². The van der Waals surface area contributed by atoms with Crippen LogP contribution in [0.1, 0.15) is 37.8 Å². The lowest BCUT2D eigenvalue weighted by molar-refractivity contribution is -0.123. The Labute approximate surface area is 164 Å². The molecule has 0 aromatic heterocycles. The summed E-state index contributed by atoms with van der Waals surface area (Å²) < 4.78 is 0.886. The molecular weight excluding hydrogens is 398 g/mol. The molecule has 2 rings (SSSR count). The zero-order valence-corrected chi connectivity index (χ0v) is 17.6. The van der Waals surface area contributed by atoms with Crippen LogP contribution >= 0.6 is 27.5 Å². The Morgan fingerprint density at radius 1 is 1.16 bits per heavy atom. The lowest BCUT2D eigenvalue weighted by Gasteiger charge is -2.37. The Balaban J connectivity index is 2.76. The normalized spacial score (nSPS) is 15.0. The number of benzene rings is 2. The van der Waals surface area contributed by atoms with Crippen LogP contribution in [0, 0.1) is 0 Å². The van der Waals surface area contributed by atoms with Crippen LogP contribution in [-0.2, 0) is 10.2 Å². The molecule has 0 fully saturated rings. The third kappa shape index (κ3) is 4.33. The first-order chi connectivity index (χ1) is 11.8. The summed E-state index contributed by atoms with van der Waals surface area (Å²) in [6, 6.07) is 16.1. The van der Waals surface area contributed by atoms with Crippen LogP contribution in [0.3, 0.4) is 0 Å². The van der Waals surface area contributed by atoms with Gasteiger partial charge >= 0.3 is 0 Å². The molecule has 4 heteroatoms. The molecule has 0 saturated carbocycles. The third-order valence-electron chi connectivity index (χ3n) is 4.90. The fraction of sp³-hybridized carbons (Fsp3) is 0.381. The summed E-state index contributed by atoms with van der Waals surface area (Å²) >= 11 is 9.88. The van der Waals surface area contributed by atoms with Crippen LogP contribution in [0.25, 0.3) is 0 Å². The van der Waals surface area contributed by atoms with Gasteiger partial charge in [0.25, 0.3) is 0 Å². The Kier molecular flexibility index (Phi) is 6.84. The molecule has 0 aliphatic carbocycles. The van der Waals surface area contributed by atoms with Gasteiger partial charge in [-0.25, -0.2) is 0 Å². The van der Waals surface area contributed by atoms with E-state index in [4.69, 9.17) is 11.6 Å². The van der Waals surface area contributed by atoms with E-state index in [1.165, 1.54) is 0 Å². The maximum atomic E-state index is 13.3. The summed E-state index contributed by atoms with van der Waals surface area (Å²) in [5.41, 5.74) is 1.25. The van der Waals surface area contributed by atoms with Gasteiger partial charge in [-0.2, -0.15) is 0 Å². The monoisotopic (exact) mass is 421 g/mol. The van der Waals surface area contributed by atoms with Gasteiger partial charge in [0.2, 0.25) is 0 Å². The van der Waals surface area contributed by atoms with Crippen molar-refractivity contribution in [3.63, 3.8) is 0 Å². The van der Waals surface area contributed by atoms with E-state index in [2.05, 4.69) is 27.8 Å². The molecule has 0 aliphatic rings. The Morgan fingerprint density at radius 2 is 1.80 bits per heavy atom. The molecule has 134 valence electrons. The quantitative estimate of drug-likeness (QED) is 0.570. The number of hydrogen-bond acceptors (Lipinski definition) is 2. The Bertz CT molecular complexity index is 712. The second-order valence-corrected chi connectivity index (χ2v) is 8.08. The first-order valence-electron chi connectivity index (χ1n) is 8.53. The molecule has 0 bridgehead atoms. The van der Waals surface area contributed by atoms with Crippen molar-refractivity contribution in [3.05, 3.63) is 69.2 Å². The van der Waals surface area contributed by atoms with Gasteiger partial charge in [0.05, 0.1) is 5.41 Å². The molecule has 0 heterocycles. The summed E-state index contributed by atoms with van der Waals surface area (Å²) in [7, 11) is 4.09. The zero-order valence-electron chi connectivity index (χ0n) is 15.2. The summed E-state index contributed by atoms with van der Waals surface area (Å²) in [6.07, 6.45) is 1.17. The second kappa shape index (κ2) is 8.48. The highest BCUT2D eigenvalue weighted by molar-refractivity contribution is 9.10. The van der Waals surface area contributed by atoms with Gasteiger partial charge in [-0.15, -0.1) is 0 Å². The molecule has 2 aromatic carbocycles. The second-order valence-electron chi connectivity index (χ2n) is 6.72. The predicted octanol–water partition coefficient (Wildman–Crippen LogP) is 5.71. The smallest absolute Gasteiger partial charge is 0.147 e. The lowest BCUT2D eigenvalue weighted by atomic mass is 9.67. The number of carbonyl (C=O) groups is 1. The van der Waals surface area contributed by atoms with Gasteiger partial charge in [0, 0.05) is 22.0 Å². The van der Waals surface area contributed by atoms with Gasteiger partial charge < -0.3 is 4.90 Å². The van der Waals surface area contributed by atoms with E-state index in [0.29, 0.717) is 17.9 Å². The van der Waals surface area contributed by atoms with Gasteiger partial charge in [-0.1, -0.05) is 64.8 Å². The average Bonchev–Trinajstić information content (AvgIpc) is 2.58. The lowest BCUT2D eigenvalue weighted by Crippen LogP contribution is -2.43. The van der Waals surface area contributed by atoms with Crippen LogP contribution in [0.2, 0.25) is 5.02 Å². The van der Waals surface area contributed by atoms with Crippen molar-refractivity contribution in [1.29, 1.82) is 0 Å².